The molecule has 1 rings (SSSR count). The molecule has 0 fully saturated rings. The first-order valence-electron chi connectivity index (χ1n) is 4.54. The van der Waals surface area contributed by atoms with E-state index in [0.717, 1.165) is 5.56 Å². The number of ether oxygens (including phenoxy) is 1. The number of carbonyl (C=O) groups excluding carboxylic acids is 1. The van der Waals surface area contributed by atoms with Gasteiger partial charge in [-0.2, -0.15) is 0 Å². The Labute approximate surface area is 84.9 Å². The SMILES string of the molecule is [CH2]c1cccc(OC(=O)C(C)(C)C)c1. The molecule has 0 saturated heterocycles. The van der Waals surface area contributed by atoms with Crippen molar-refractivity contribution in [2.45, 2.75) is 20.8 Å². The number of benzene rings is 1. The number of hydrogen-bond acceptors (Lipinski definition) is 2. The van der Waals surface area contributed by atoms with E-state index in [1.165, 1.54) is 0 Å². The lowest BCUT2D eigenvalue weighted by Gasteiger charge is -2.16. The van der Waals surface area contributed by atoms with Gasteiger partial charge in [0.25, 0.3) is 0 Å². The van der Waals surface area contributed by atoms with Gasteiger partial charge in [0.1, 0.15) is 5.75 Å². The van der Waals surface area contributed by atoms with E-state index in [1.807, 2.05) is 32.9 Å². The van der Waals surface area contributed by atoms with Crippen LogP contribution >= 0.6 is 0 Å². The molecular formula is C12H15O2. The van der Waals surface area contributed by atoms with Gasteiger partial charge in [-0.25, -0.2) is 0 Å². The average Bonchev–Trinajstić information content (AvgIpc) is 2.02. The van der Waals surface area contributed by atoms with Crippen molar-refractivity contribution in [3.8, 4) is 5.75 Å². The Bertz CT molecular complexity index is 334. The van der Waals surface area contributed by atoms with E-state index in [0.29, 0.717) is 5.75 Å². The van der Waals surface area contributed by atoms with Crippen LogP contribution in [0.5, 0.6) is 5.75 Å². The number of carbonyl (C=O) groups is 1. The van der Waals surface area contributed by atoms with Crippen molar-refractivity contribution in [1.82, 2.24) is 0 Å². The lowest BCUT2D eigenvalue weighted by atomic mass is 9.97. The third kappa shape index (κ3) is 2.87. The minimum atomic E-state index is -0.475. The predicted octanol–water partition coefficient (Wildman–Crippen LogP) is 2.82. The molecule has 14 heavy (non-hydrogen) atoms. The van der Waals surface area contributed by atoms with E-state index < -0.39 is 5.41 Å². The van der Waals surface area contributed by atoms with E-state index in [4.69, 9.17) is 4.74 Å². The molecule has 2 heteroatoms. The van der Waals surface area contributed by atoms with Crippen LogP contribution in [-0.4, -0.2) is 5.97 Å². The van der Waals surface area contributed by atoms with Gasteiger partial charge in [-0.15, -0.1) is 0 Å². The molecule has 0 aliphatic carbocycles. The molecule has 1 aromatic carbocycles. The van der Waals surface area contributed by atoms with Crippen LogP contribution in [0.15, 0.2) is 24.3 Å². The minimum absolute atomic E-state index is 0.233. The summed E-state index contributed by atoms with van der Waals surface area (Å²) in [5, 5.41) is 0. The van der Waals surface area contributed by atoms with Gasteiger partial charge in [-0.3, -0.25) is 4.79 Å². The van der Waals surface area contributed by atoms with Crippen LogP contribution < -0.4 is 4.74 Å². The zero-order valence-corrected chi connectivity index (χ0v) is 8.83. The first-order valence-corrected chi connectivity index (χ1v) is 4.54. The zero-order chi connectivity index (χ0) is 10.8. The molecule has 1 radical (unpaired) electrons. The maximum absolute atomic E-state index is 11.5. The van der Waals surface area contributed by atoms with Gasteiger partial charge >= 0.3 is 5.97 Å². The predicted molar refractivity (Wildman–Crippen MR) is 56.0 cm³/mol. The molecule has 0 heterocycles. The van der Waals surface area contributed by atoms with Crippen molar-refractivity contribution in [3.63, 3.8) is 0 Å². The molecule has 0 N–H and O–H groups in total. The molecule has 0 bridgehead atoms. The van der Waals surface area contributed by atoms with Crippen LogP contribution in [0.25, 0.3) is 0 Å². The first kappa shape index (κ1) is 10.8. The number of esters is 1. The highest BCUT2D eigenvalue weighted by Crippen LogP contribution is 2.19. The Kier molecular flexibility index (Phi) is 2.94. The molecule has 75 valence electrons. The Morgan fingerprint density at radius 1 is 1.36 bits per heavy atom. The van der Waals surface area contributed by atoms with Gasteiger partial charge in [-0.1, -0.05) is 12.1 Å². The van der Waals surface area contributed by atoms with E-state index >= 15 is 0 Å². The molecule has 0 aromatic heterocycles. The quantitative estimate of drug-likeness (QED) is 0.504. The summed E-state index contributed by atoms with van der Waals surface area (Å²) in [5.41, 5.74) is 0.362. The van der Waals surface area contributed by atoms with Crippen molar-refractivity contribution in [2.24, 2.45) is 5.41 Å². The summed E-state index contributed by atoms with van der Waals surface area (Å²) < 4.78 is 5.18. The molecule has 1 aromatic rings. The molecule has 0 aliphatic rings. The molecule has 0 unspecified atom stereocenters. The number of hydrogen-bond donors (Lipinski definition) is 0. The molecular weight excluding hydrogens is 176 g/mol. The van der Waals surface area contributed by atoms with Crippen LogP contribution in [0.3, 0.4) is 0 Å². The highest BCUT2D eigenvalue weighted by atomic mass is 16.5. The third-order valence-corrected chi connectivity index (χ3v) is 1.72. The standard InChI is InChI=1S/C12H15O2/c1-9-6-5-7-10(8-9)14-11(13)12(2,3)4/h5-8H,1H2,2-4H3. The summed E-state index contributed by atoms with van der Waals surface area (Å²) in [6, 6.07) is 7.16. The maximum Gasteiger partial charge on any atom is 0.316 e. The van der Waals surface area contributed by atoms with Gasteiger partial charge in [0, 0.05) is 0 Å². The van der Waals surface area contributed by atoms with Gasteiger partial charge in [0.05, 0.1) is 5.41 Å². The smallest absolute Gasteiger partial charge is 0.316 e. The molecule has 0 atom stereocenters. The van der Waals surface area contributed by atoms with Crippen molar-refractivity contribution in [1.29, 1.82) is 0 Å². The molecule has 0 saturated carbocycles. The van der Waals surface area contributed by atoms with Gasteiger partial charge < -0.3 is 4.74 Å². The minimum Gasteiger partial charge on any atom is -0.426 e. The highest BCUT2D eigenvalue weighted by Gasteiger charge is 2.23. The van der Waals surface area contributed by atoms with Gasteiger partial charge in [-0.05, 0) is 45.4 Å². The average molecular weight is 191 g/mol. The zero-order valence-electron chi connectivity index (χ0n) is 8.83. The van der Waals surface area contributed by atoms with E-state index in [2.05, 4.69) is 6.92 Å². The second-order valence-electron chi connectivity index (χ2n) is 4.29. The number of rotatable bonds is 1. The van der Waals surface area contributed by atoms with Crippen LogP contribution in [0.1, 0.15) is 26.3 Å². The fourth-order valence-corrected chi connectivity index (χ4v) is 0.869. The van der Waals surface area contributed by atoms with Crippen molar-refractivity contribution >= 4 is 5.97 Å². The summed E-state index contributed by atoms with van der Waals surface area (Å²) in [6.07, 6.45) is 0. The van der Waals surface area contributed by atoms with E-state index in [9.17, 15) is 4.79 Å². The van der Waals surface area contributed by atoms with E-state index in [1.54, 1.807) is 12.1 Å². The summed E-state index contributed by atoms with van der Waals surface area (Å²) in [7, 11) is 0. The van der Waals surface area contributed by atoms with E-state index in [-0.39, 0.29) is 5.97 Å². The van der Waals surface area contributed by atoms with Crippen LogP contribution in [-0.2, 0) is 4.79 Å². The highest BCUT2D eigenvalue weighted by molar-refractivity contribution is 5.77. The maximum atomic E-state index is 11.5. The van der Waals surface area contributed by atoms with Gasteiger partial charge in [0.2, 0.25) is 0 Å². The van der Waals surface area contributed by atoms with Crippen LogP contribution in [0.4, 0.5) is 0 Å². The Hall–Kier alpha value is -1.31. The second-order valence-corrected chi connectivity index (χ2v) is 4.29. The fourth-order valence-electron chi connectivity index (χ4n) is 0.869. The normalized spacial score (nSPS) is 11.1. The van der Waals surface area contributed by atoms with Crippen molar-refractivity contribution in [2.75, 3.05) is 0 Å². The Morgan fingerprint density at radius 2 is 2.00 bits per heavy atom. The molecule has 0 spiro atoms. The largest absolute Gasteiger partial charge is 0.426 e. The lowest BCUT2D eigenvalue weighted by Crippen LogP contribution is -2.25. The Morgan fingerprint density at radius 3 is 2.50 bits per heavy atom. The monoisotopic (exact) mass is 191 g/mol. The fraction of sp³-hybridized carbons (Fsp3) is 0.333. The van der Waals surface area contributed by atoms with Crippen molar-refractivity contribution < 1.29 is 9.53 Å². The van der Waals surface area contributed by atoms with Gasteiger partial charge in [0.15, 0.2) is 0 Å². The first-order chi connectivity index (χ1) is 6.39. The molecule has 0 aliphatic heterocycles. The summed E-state index contributed by atoms with van der Waals surface area (Å²) in [5.74, 6) is 0.320. The molecule has 0 amide bonds. The lowest BCUT2D eigenvalue weighted by molar-refractivity contribution is -0.142. The van der Waals surface area contributed by atoms with Crippen LogP contribution in [0.2, 0.25) is 0 Å². The summed E-state index contributed by atoms with van der Waals surface area (Å²) >= 11 is 0. The Balaban J connectivity index is 2.75. The molecule has 2 nitrogen and oxygen atoms in total. The summed E-state index contributed by atoms with van der Waals surface area (Å²) in [4.78, 5) is 11.5. The third-order valence-electron chi connectivity index (χ3n) is 1.72. The summed E-state index contributed by atoms with van der Waals surface area (Å²) in [6.45, 7) is 9.23. The van der Waals surface area contributed by atoms with Crippen molar-refractivity contribution in [3.05, 3.63) is 36.8 Å². The topological polar surface area (TPSA) is 26.3 Å². The second kappa shape index (κ2) is 3.82. The van der Waals surface area contributed by atoms with Crippen LogP contribution in [0, 0.1) is 12.3 Å².